The molecule has 0 radical (unpaired) electrons. The lowest BCUT2D eigenvalue weighted by atomic mass is 10.2. The Morgan fingerprint density at radius 1 is 1.42 bits per heavy atom. The fraction of sp³-hybridized carbons (Fsp3) is 0.455. The van der Waals surface area contributed by atoms with E-state index < -0.39 is 29.0 Å². The molecule has 0 aliphatic carbocycles. The maximum absolute atomic E-state index is 12.9. The van der Waals surface area contributed by atoms with Crippen molar-refractivity contribution < 1.29 is 21.9 Å². The van der Waals surface area contributed by atoms with Gasteiger partial charge in [-0.25, -0.2) is 21.9 Å². The Balaban J connectivity index is 2.92. The van der Waals surface area contributed by atoms with Crippen molar-refractivity contribution in [2.75, 3.05) is 20.2 Å². The topological polar surface area (TPSA) is 81.4 Å². The molecule has 1 aromatic rings. The van der Waals surface area contributed by atoms with Crippen LogP contribution in [0.2, 0.25) is 0 Å². The Morgan fingerprint density at radius 2 is 2.05 bits per heavy atom. The molecule has 3 N–H and O–H groups in total. The maximum atomic E-state index is 12.9. The third-order valence-corrected chi connectivity index (χ3v) is 3.89. The van der Waals surface area contributed by atoms with Crippen molar-refractivity contribution in [3.63, 3.8) is 0 Å². The summed E-state index contributed by atoms with van der Waals surface area (Å²) in [6.07, 6.45) is 0. The lowest BCUT2D eigenvalue weighted by molar-refractivity contribution is 0.0170. The van der Waals surface area contributed by atoms with Crippen molar-refractivity contribution in [1.29, 1.82) is 0 Å². The number of hydrogen-bond acceptors (Lipinski definition) is 4. The third-order valence-electron chi connectivity index (χ3n) is 2.50. The van der Waals surface area contributed by atoms with E-state index in [0.29, 0.717) is 11.3 Å². The minimum Gasteiger partial charge on any atom is -0.496 e. The van der Waals surface area contributed by atoms with Gasteiger partial charge in [-0.15, -0.1) is 0 Å². The fourth-order valence-corrected chi connectivity index (χ4v) is 2.52. The van der Waals surface area contributed by atoms with Gasteiger partial charge in [-0.05, 0) is 30.7 Å². The van der Waals surface area contributed by atoms with Gasteiger partial charge in [0.05, 0.1) is 25.1 Å². The number of halogens is 2. The first-order chi connectivity index (χ1) is 8.72. The smallest absolute Gasteiger partial charge is 0.273 e. The predicted octanol–water partition coefficient (Wildman–Crippen LogP) is 0.876. The van der Waals surface area contributed by atoms with E-state index in [1.807, 2.05) is 4.72 Å². The number of rotatable bonds is 6. The van der Waals surface area contributed by atoms with Crippen molar-refractivity contribution in [1.82, 2.24) is 4.72 Å². The largest absolute Gasteiger partial charge is 0.496 e. The van der Waals surface area contributed by atoms with Crippen LogP contribution in [0.25, 0.3) is 0 Å². The van der Waals surface area contributed by atoms with E-state index in [1.54, 1.807) is 6.92 Å². The summed E-state index contributed by atoms with van der Waals surface area (Å²) in [5.74, 6) is -2.75. The van der Waals surface area contributed by atoms with Crippen LogP contribution in [0.1, 0.15) is 5.56 Å². The Bertz CT molecular complexity index is 547. The normalized spacial score (nSPS) is 12.5. The van der Waals surface area contributed by atoms with Gasteiger partial charge in [0.2, 0.25) is 10.0 Å². The average molecular weight is 294 g/mol. The Morgan fingerprint density at radius 3 is 2.53 bits per heavy atom. The summed E-state index contributed by atoms with van der Waals surface area (Å²) in [5.41, 5.74) is 5.43. The number of nitrogens with one attached hydrogen (secondary N) is 1. The van der Waals surface area contributed by atoms with Gasteiger partial charge in [-0.3, -0.25) is 0 Å². The van der Waals surface area contributed by atoms with E-state index in [2.05, 4.69) is 0 Å². The first-order valence-electron chi connectivity index (χ1n) is 5.44. The number of methoxy groups -OCH3 is 1. The summed E-state index contributed by atoms with van der Waals surface area (Å²) in [4.78, 5) is -0.0985. The SMILES string of the molecule is COc1ccc(S(=O)(=O)NCC(F)(F)CN)cc1C. The highest BCUT2D eigenvalue weighted by Crippen LogP contribution is 2.21. The van der Waals surface area contributed by atoms with Crippen molar-refractivity contribution in [3.05, 3.63) is 23.8 Å². The molecule has 8 heteroatoms. The lowest BCUT2D eigenvalue weighted by Crippen LogP contribution is -2.41. The Kier molecular flexibility index (Phi) is 4.83. The van der Waals surface area contributed by atoms with Gasteiger partial charge in [0.15, 0.2) is 0 Å². The van der Waals surface area contributed by atoms with Crippen LogP contribution < -0.4 is 15.2 Å². The van der Waals surface area contributed by atoms with E-state index in [1.165, 1.54) is 25.3 Å². The molecule has 19 heavy (non-hydrogen) atoms. The van der Waals surface area contributed by atoms with Gasteiger partial charge in [0.1, 0.15) is 5.75 Å². The van der Waals surface area contributed by atoms with Crippen LogP contribution in [0.15, 0.2) is 23.1 Å². The molecule has 0 atom stereocenters. The molecule has 0 fully saturated rings. The zero-order chi connectivity index (χ0) is 14.7. The summed E-state index contributed by atoms with van der Waals surface area (Å²) in [7, 11) is -2.54. The Hall–Kier alpha value is -1.25. The molecule has 5 nitrogen and oxygen atoms in total. The van der Waals surface area contributed by atoms with Crippen LogP contribution in [0, 0.1) is 6.92 Å². The van der Waals surface area contributed by atoms with Gasteiger partial charge >= 0.3 is 0 Å². The standard InChI is InChI=1S/C11H16F2N2O3S/c1-8-5-9(3-4-10(8)18-2)19(16,17)15-7-11(12,13)6-14/h3-5,15H,6-7,14H2,1-2H3. The summed E-state index contributed by atoms with van der Waals surface area (Å²) in [6.45, 7) is -0.291. The van der Waals surface area contributed by atoms with Gasteiger partial charge in [-0.1, -0.05) is 0 Å². The van der Waals surface area contributed by atoms with E-state index in [4.69, 9.17) is 10.5 Å². The van der Waals surface area contributed by atoms with E-state index in [0.717, 1.165) is 0 Å². The van der Waals surface area contributed by atoms with Crippen LogP contribution in [-0.2, 0) is 10.0 Å². The molecule has 1 aromatic carbocycles. The third kappa shape index (κ3) is 4.12. The molecule has 1 rings (SSSR count). The summed E-state index contributed by atoms with van der Waals surface area (Å²) in [5, 5.41) is 0. The molecule has 0 amide bonds. The predicted molar refractivity (Wildman–Crippen MR) is 66.9 cm³/mol. The zero-order valence-electron chi connectivity index (χ0n) is 10.6. The fourth-order valence-electron chi connectivity index (χ4n) is 1.37. The monoisotopic (exact) mass is 294 g/mol. The number of sulfonamides is 1. The molecule has 0 saturated heterocycles. The number of nitrogens with two attached hydrogens (primary N) is 1. The minimum atomic E-state index is -3.99. The van der Waals surface area contributed by atoms with Crippen molar-refractivity contribution >= 4 is 10.0 Å². The highest BCUT2D eigenvalue weighted by Gasteiger charge is 2.29. The van der Waals surface area contributed by atoms with E-state index in [9.17, 15) is 17.2 Å². The first-order valence-corrected chi connectivity index (χ1v) is 6.92. The van der Waals surface area contributed by atoms with Crippen LogP contribution >= 0.6 is 0 Å². The summed E-state index contributed by atoms with van der Waals surface area (Å²) < 4.78 is 56.3. The summed E-state index contributed by atoms with van der Waals surface area (Å²) in [6, 6.07) is 4.10. The molecule has 0 aliphatic heterocycles. The second-order valence-corrected chi connectivity index (χ2v) is 5.78. The zero-order valence-corrected chi connectivity index (χ0v) is 11.4. The first kappa shape index (κ1) is 15.8. The summed E-state index contributed by atoms with van der Waals surface area (Å²) >= 11 is 0. The highest BCUT2D eigenvalue weighted by molar-refractivity contribution is 7.89. The molecule has 0 heterocycles. The molecule has 108 valence electrons. The second-order valence-electron chi connectivity index (χ2n) is 4.02. The molecule has 0 bridgehead atoms. The molecule has 0 unspecified atom stereocenters. The molecule has 0 aliphatic rings. The number of ether oxygens (including phenoxy) is 1. The van der Waals surface area contributed by atoms with Crippen LogP contribution in [-0.4, -0.2) is 34.5 Å². The molecular weight excluding hydrogens is 278 g/mol. The number of hydrogen-bond donors (Lipinski definition) is 2. The average Bonchev–Trinajstić information content (AvgIpc) is 2.36. The highest BCUT2D eigenvalue weighted by atomic mass is 32.2. The number of benzene rings is 1. The van der Waals surface area contributed by atoms with E-state index in [-0.39, 0.29) is 4.90 Å². The molecule has 0 spiro atoms. The van der Waals surface area contributed by atoms with Crippen LogP contribution in [0.4, 0.5) is 8.78 Å². The van der Waals surface area contributed by atoms with Gasteiger partial charge in [-0.2, -0.15) is 0 Å². The van der Waals surface area contributed by atoms with Gasteiger partial charge in [0.25, 0.3) is 5.92 Å². The van der Waals surface area contributed by atoms with Crippen molar-refractivity contribution in [2.24, 2.45) is 5.73 Å². The molecule has 0 saturated carbocycles. The van der Waals surface area contributed by atoms with Crippen molar-refractivity contribution in [3.8, 4) is 5.75 Å². The second kappa shape index (κ2) is 5.81. The molecular formula is C11H16F2N2O3S. The maximum Gasteiger partial charge on any atom is 0.273 e. The van der Waals surface area contributed by atoms with Crippen molar-refractivity contribution in [2.45, 2.75) is 17.7 Å². The van der Waals surface area contributed by atoms with Crippen LogP contribution in [0.5, 0.6) is 5.75 Å². The van der Waals surface area contributed by atoms with E-state index >= 15 is 0 Å². The van der Waals surface area contributed by atoms with Gasteiger partial charge in [0, 0.05) is 0 Å². The number of aryl methyl sites for hydroxylation is 1. The lowest BCUT2D eigenvalue weighted by Gasteiger charge is -2.15. The minimum absolute atomic E-state index is 0.0985. The Labute approximate surface area is 110 Å². The van der Waals surface area contributed by atoms with Gasteiger partial charge < -0.3 is 10.5 Å². The van der Waals surface area contributed by atoms with Crippen LogP contribution in [0.3, 0.4) is 0 Å². The quantitative estimate of drug-likeness (QED) is 0.816. The number of alkyl halides is 2. The molecule has 0 aromatic heterocycles.